The van der Waals surface area contributed by atoms with Gasteiger partial charge in [-0.05, 0) is 59.8 Å². The van der Waals surface area contributed by atoms with Gasteiger partial charge in [0.05, 0.1) is 5.41 Å². The standard InChI is InChI=1S/C26H28FN3O/c1-29(2)25(31)26(13-15-30(19-26)18-21-7-11-24(27)12-8-21)16-20-5-9-22(10-6-20)23-4-3-14-28-17-23/h3-12,14,17H,13,15-16,18-19H2,1-2H3/t26-/m1/s1. The number of benzene rings is 2. The zero-order valence-electron chi connectivity index (χ0n) is 18.1. The van der Waals surface area contributed by atoms with Crippen LogP contribution >= 0.6 is 0 Å². The molecule has 0 N–H and O–H groups in total. The molecule has 2 heterocycles. The summed E-state index contributed by atoms with van der Waals surface area (Å²) in [7, 11) is 3.66. The van der Waals surface area contributed by atoms with Crippen molar-refractivity contribution in [1.29, 1.82) is 0 Å². The van der Waals surface area contributed by atoms with E-state index in [9.17, 15) is 9.18 Å². The number of aromatic nitrogens is 1. The minimum atomic E-state index is -0.445. The highest BCUT2D eigenvalue weighted by Gasteiger charge is 2.45. The van der Waals surface area contributed by atoms with Crippen LogP contribution in [0.25, 0.3) is 11.1 Å². The molecule has 1 aliphatic heterocycles. The van der Waals surface area contributed by atoms with Crippen molar-refractivity contribution in [3.05, 3.63) is 90.0 Å². The van der Waals surface area contributed by atoms with Crippen LogP contribution in [0.2, 0.25) is 0 Å². The fourth-order valence-electron chi connectivity index (χ4n) is 4.55. The number of carbonyl (C=O) groups excluding carboxylic acids is 1. The van der Waals surface area contributed by atoms with Crippen molar-refractivity contribution in [1.82, 2.24) is 14.8 Å². The van der Waals surface area contributed by atoms with Crippen molar-refractivity contribution in [3.8, 4) is 11.1 Å². The Hall–Kier alpha value is -3.05. The normalized spacial score (nSPS) is 18.8. The molecule has 2 aromatic carbocycles. The summed E-state index contributed by atoms with van der Waals surface area (Å²) < 4.78 is 13.2. The van der Waals surface area contributed by atoms with Crippen LogP contribution in [-0.2, 0) is 17.8 Å². The molecule has 1 fully saturated rings. The van der Waals surface area contributed by atoms with Gasteiger partial charge in [-0.2, -0.15) is 0 Å². The smallest absolute Gasteiger partial charge is 0.229 e. The maximum Gasteiger partial charge on any atom is 0.229 e. The Morgan fingerprint density at radius 2 is 1.74 bits per heavy atom. The van der Waals surface area contributed by atoms with Gasteiger partial charge in [0, 0.05) is 39.6 Å². The van der Waals surface area contributed by atoms with Crippen LogP contribution in [0, 0.1) is 11.2 Å². The van der Waals surface area contributed by atoms with Gasteiger partial charge < -0.3 is 4.90 Å². The van der Waals surface area contributed by atoms with E-state index < -0.39 is 5.41 Å². The molecule has 0 spiro atoms. The highest BCUT2D eigenvalue weighted by molar-refractivity contribution is 5.83. The number of carbonyl (C=O) groups is 1. The Balaban J connectivity index is 1.52. The number of pyridine rings is 1. The van der Waals surface area contributed by atoms with Gasteiger partial charge in [0.1, 0.15) is 5.82 Å². The molecule has 0 bridgehead atoms. The molecule has 160 valence electrons. The maximum atomic E-state index is 13.2. The van der Waals surface area contributed by atoms with Crippen molar-refractivity contribution >= 4 is 5.91 Å². The van der Waals surface area contributed by atoms with Crippen molar-refractivity contribution in [2.45, 2.75) is 19.4 Å². The number of hydrogen-bond acceptors (Lipinski definition) is 3. The summed E-state index contributed by atoms with van der Waals surface area (Å²) in [6.45, 7) is 2.28. The van der Waals surface area contributed by atoms with Crippen LogP contribution in [0.4, 0.5) is 4.39 Å². The van der Waals surface area contributed by atoms with E-state index in [1.165, 1.54) is 12.1 Å². The maximum absolute atomic E-state index is 13.2. The van der Waals surface area contributed by atoms with Crippen molar-refractivity contribution in [2.75, 3.05) is 27.2 Å². The highest BCUT2D eigenvalue weighted by Crippen LogP contribution is 2.37. The van der Waals surface area contributed by atoms with E-state index in [4.69, 9.17) is 0 Å². The molecule has 1 aliphatic rings. The molecule has 1 saturated heterocycles. The summed E-state index contributed by atoms with van der Waals surface area (Å²) in [6, 6.07) is 19.1. The quantitative estimate of drug-likeness (QED) is 0.596. The molecule has 5 heteroatoms. The molecular formula is C26H28FN3O. The molecule has 4 rings (SSSR count). The average molecular weight is 418 g/mol. The second kappa shape index (κ2) is 8.98. The van der Waals surface area contributed by atoms with Gasteiger partial charge in [-0.15, -0.1) is 0 Å². The first-order chi connectivity index (χ1) is 14.9. The third kappa shape index (κ3) is 4.83. The minimum Gasteiger partial charge on any atom is -0.348 e. The van der Waals surface area contributed by atoms with Gasteiger partial charge in [0.2, 0.25) is 5.91 Å². The molecule has 31 heavy (non-hydrogen) atoms. The van der Waals surface area contributed by atoms with Crippen LogP contribution in [0.5, 0.6) is 0 Å². The summed E-state index contributed by atoms with van der Waals surface area (Å²) in [5.41, 5.74) is 3.98. The first-order valence-electron chi connectivity index (χ1n) is 10.6. The summed E-state index contributed by atoms with van der Waals surface area (Å²) in [6.07, 6.45) is 5.15. The van der Waals surface area contributed by atoms with Gasteiger partial charge in [0.25, 0.3) is 0 Å². The lowest BCUT2D eigenvalue weighted by Gasteiger charge is -2.31. The van der Waals surface area contributed by atoms with E-state index in [-0.39, 0.29) is 11.7 Å². The topological polar surface area (TPSA) is 36.4 Å². The van der Waals surface area contributed by atoms with Crippen LogP contribution < -0.4 is 0 Å². The third-order valence-corrected chi connectivity index (χ3v) is 6.10. The Morgan fingerprint density at radius 3 is 2.39 bits per heavy atom. The Kier molecular flexibility index (Phi) is 6.14. The first kappa shape index (κ1) is 21.2. The Morgan fingerprint density at radius 1 is 1.03 bits per heavy atom. The van der Waals surface area contributed by atoms with E-state index in [0.29, 0.717) is 13.0 Å². The molecular weight excluding hydrogens is 389 g/mol. The lowest BCUT2D eigenvalue weighted by atomic mass is 9.79. The molecule has 1 atom stereocenters. The molecule has 0 unspecified atom stereocenters. The number of halogens is 1. The Bertz CT molecular complexity index is 1020. The molecule has 3 aromatic rings. The number of amides is 1. The first-order valence-corrected chi connectivity index (χ1v) is 10.6. The predicted molar refractivity (Wildman–Crippen MR) is 121 cm³/mol. The van der Waals surface area contributed by atoms with E-state index in [1.54, 1.807) is 11.1 Å². The summed E-state index contributed by atoms with van der Waals surface area (Å²) >= 11 is 0. The van der Waals surface area contributed by atoms with Crippen molar-refractivity contribution < 1.29 is 9.18 Å². The molecule has 4 nitrogen and oxygen atoms in total. The van der Waals surface area contributed by atoms with Crippen LogP contribution in [0.3, 0.4) is 0 Å². The van der Waals surface area contributed by atoms with E-state index in [0.717, 1.165) is 41.8 Å². The van der Waals surface area contributed by atoms with E-state index in [2.05, 4.69) is 34.1 Å². The number of hydrogen-bond donors (Lipinski definition) is 0. The van der Waals surface area contributed by atoms with Crippen molar-refractivity contribution in [2.24, 2.45) is 5.41 Å². The number of rotatable bonds is 6. The SMILES string of the molecule is CN(C)C(=O)[C@@]1(Cc2ccc(-c3cccnc3)cc2)CCN(Cc2ccc(F)cc2)C1. The van der Waals surface area contributed by atoms with Gasteiger partial charge in [-0.25, -0.2) is 4.39 Å². The lowest BCUT2D eigenvalue weighted by Crippen LogP contribution is -2.43. The lowest BCUT2D eigenvalue weighted by molar-refractivity contribution is -0.138. The molecule has 1 amide bonds. The second-order valence-corrected chi connectivity index (χ2v) is 8.68. The summed E-state index contributed by atoms with van der Waals surface area (Å²) in [5, 5.41) is 0. The monoisotopic (exact) mass is 417 g/mol. The van der Waals surface area contributed by atoms with Gasteiger partial charge in [0.15, 0.2) is 0 Å². The van der Waals surface area contributed by atoms with Crippen LogP contribution in [0.1, 0.15) is 17.5 Å². The zero-order chi connectivity index (χ0) is 21.8. The fourth-order valence-corrected chi connectivity index (χ4v) is 4.55. The van der Waals surface area contributed by atoms with E-state index >= 15 is 0 Å². The molecule has 0 aliphatic carbocycles. The summed E-state index contributed by atoms with van der Waals surface area (Å²) in [5.74, 6) is -0.0533. The second-order valence-electron chi connectivity index (χ2n) is 8.68. The highest BCUT2D eigenvalue weighted by atomic mass is 19.1. The molecule has 0 saturated carbocycles. The predicted octanol–water partition coefficient (Wildman–Crippen LogP) is 4.41. The largest absolute Gasteiger partial charge is 0.348 e. The van der Waals surface area contributed by atoms with Crippen LogP contribution in [0.15, 0.2) is 73.1 Å². The molecule has 1 aromatic heterocycles. The number of nitrogens with zero attached hydrogens (tertiary/aromatic N) is 3. The van der Waals surface area contributed by atoms with E-state index in [1.807, 2.05) is 44.6 Å². The average Bonchev–Trinajstić information content (AvgIpc) is 3.19. The van der Waals surface area contributed by atoms with Crippen LogP contribution in [-0.4, -0.2) is 47.9 Å². The van der Waals surface area contributed by atoms with Gasteiger partial charge in [-0.1, -0.05) is 42.5 Å². The van der Waals surface area contributed by atoms with Gasteiger partial charge >= 0.3 is 0 Å². The molecule has 0 radical (unpaired) electrons. The number of likely N-dealkylation sites (tertiary alicyclic amines) is 1. The van der Waals surface area contributed by atoms with Crippen molar-refractivity contribution in [3.63, 3.8) is 0 Å². The summed E-state index contributed by atoms with van der Waals surface area (Å²) in [4.78, 5) is 21.5. The zero-order valence-corrected chi connectivity index (χ0v) is 18.1. The minimum absolute atomic E-state index is 0.172. The fraction of sp³-hybridized carbons (Fsp3) is 0.308. The third-order valence-electron chi connectivity index (χ3n) is 6.10. The van der Waals surface area contributed by atoms with Gasteiger partial charge in [-0.3, -0.25) is 14.7 Å². The Labute approximate surface area is 183 Å².